The highest BCUT2D eigenvalue weighted by atomic mass is 16.5. The van der Waals surface area contributed by atoms with Gasteiger partial charge in [-0.2, -0.15) is 5.10 Å². The molecule has 72 heavy (non-hydrogen) atoms. The van der Waals surface area contributed by atoms with E-state index in [9.17, 15) is 0 Å². The van der Waals surface area contributed by atoms with Crippen LogP contribution in [-0.4, -0.2) is 36.3 Å². The minimum Gasteiger partial charge on any atom is -0.457 e. The number of ether oxygens (including phenoxy) is 1. The third-order valence-electron chi connectivity index (χ3n) is 14.0. The number of nitrogens with one attached hydrogen (secondary N) is 2. The van der Waals surface area contributed by atoms with Crippen LogP contribution in [0, 0.1) is 0 Å². The van der Waals surface area contributed by atoms with Gasteiger partial charge in [0.15, 0.2) is 5.65 Å². The largest absolute Gasteiger partial charge is 0.457 e. The van der Waals surface area contributed by atoms with Gasteiger partial charge < -0.3 is 15.4 Å². The van der Waals surface area contributed by atoms with Crippen molar-refractivity contribution < 1.29 is 4.74 Å². The Morgan fingerprint density at radius 3 is 1.58 bits per heavy atom. The number of pyridine rings is 1. The molecule has 4 heterocycles. The van der Waals surface area contributed by atoms with Crippen LogP contribution in [0.25, 0.3) is 11.2 Å². The molecule has 6 bridgehead atoms. The highest BCUT2D eigenvalue weighted by molar-refractivity contribution is 5.80. The van der Waals surface area contributed by atoms with Gasteiger partial charge >= 0.3 is 0 Å². The molecule has 3 aromatic heterocycles. The summed E-state index contributed by atoms with van der Waals surface area (Å²) in [7, 11) is 0. The molecule has 0 amide bonds. The Kier molecular flexibility index (Phi) is 12.0. The molecule has 9 heteroatoms. The number of hydrogen-bond donors (Lipinski definition) is 2. The van der Waals surface area contributed by atoms with Crippen molar-refractivity contribution in [2.24, 2.45) is 0 Å². The summed E-state index contributed by atoms with van der Waals surface area (Å²) in [4.78, 5) is 5.76. The van der Waals surface area contributed by atoms with Crippen LogP contribution >= 0.6 is 0 Å². The Morgan fingerprint density at radius 1 is 0.542 bits per heavy atom. The second-order valence-corrected chi connectivity index (χ2v) is 18.4. The Labute approximate surface area is 419 Å². The molecule has 11 aromatic rings. The van der Waals surface area contributed by atoms with Gasteiger partial charge in [-0.3, -0.25) is 4.68 Å². The zero-order valence-corrected chi connectivity index (χ0v) is 39.7. The molecule has 0 aliphatic carbocycles. The first-order chi connectivity index (χ1) is 35.6. The third kappa shape index (κ3) is 8.29. The SMILES string of the molecule is c1ccc(C(Nc2cc(C3CCNCc4cccc(c4)Oc4cccc(c4)Cn4cc3cn4)c3nnn(C(c4ccccc4)(c4ccccc4)c4ccccc4)c3n2)(c2ccccc2)c2ccccc2)cc1. The predicted molar refractivity (Wildman–Crippen MR) is 285 cm³/mol. The highest BCUT2D eigenvalue weighted by Gasteiger charge is 2.43. The van der Waals surface area contributed by atoms with Crippen molar-refractivity contribution in [1.29, 1.82) is 0 Å². The fourth-order valence-corrected chi connectivity index (χ4v) is 10.7. The molecule has 12 rings (SSSR count). The van der Waals surface area contributed by atoms with Gasteiger partial charge in [-0.05, 0) is 98.9 Å². The molecule has 350 valence electrons. The zero-order valence-electron chi connectivity index (χ0n) is 39.7. The van der Waals surface area contributed by atoms with Gasteiger partial charge in [0, 0.05) is 18.7 Å². The maximum absolute atomic E-state index is 6.37. The minimum absolute atomic E-state index is 0.185. The first-order valence-corrected chi connectivity index (χ1v) is 24.6. The predicted octanol–water partition coefficient (Wildman–Crippen LogP) is 12.7. The van der Waals surface area contributed by atoms with Gasteiger partial charge in [0.25, 0.3) is 0 Å². The molecule has 0 radical (unpaired) electrons. The zero-order chi connectivity index (χ0) is 48.2. The normalized spacial score (nSPS) is 14.1. The topological polar surface area (TPSA) is 94.7 Å². The fourth-order valence-electron chi connectivity index (χ4n) is 10.7. The number of nitrogens with zero attached hydrogens (tertiary/aromatic N) is 6. The number of benzene rings is 8. The first kappa shape index (κ1) is 44.3. The van der Waals surface area contributed by atoms with E-state index in [-0.39, 0.29) is 5.92 Å². The van der Waals surface area contributed by atoms with E-state index in [1.54, 1.807) is 0 Å². The Bertz CT molecular complexity index is 3370. The third-order valence-corrected chi connectivity index (χ3v) is 14.0. The van der Waals surface area contributed by atoms with Crippen LogP contribution in [0.15, 0.2) is 249 Å². The average Bonchev–Trinajstić information content (AvgIpc) is 4.10. The average molecular weight is 937 g/mol. The lowest BCUT2D eigenvalue weighted by molar-refractivity contribution is 0.457. The summed E-state index contributed by atoms with van der Waals surface area (Å²) in [6, 6.07) is 82.6. The summed E-state index contributed by atoms with van der Waals surface area (Å²) in [5.41, 5.74) is 10.0. The van der Waals surface area contributed by atoms with Crippen LogP contribution in [0.3, 0.4) is 0 Å². The van der Waals surface area contributed by atoms with Crippen LogP contribution in [0.4, 0.5) is 5.82 Å². The quantitative estimate of drug-likeness (QED) is 0.132. The van der Waals surface area contributed by atoms with Gasteiger partial charge in [-0.25, -0.2) is 9.67 Å². The van der Waals surface area contributed by atoms with Crippen molar-refractivity contribution in [3.05, 3.63) is 305 Å². The second kappa shape index (κ2) is 19.5. The number of anilines is 1. The Hall–Kier alpha value is -8.92. The summed E-state index contributed by atoms with van der Waals surface area (Å²) < 4.78 is 10.4. The van der Waals surface area contributed by atoms with Crippen LogP contribution < -0.4 is 15.4 Å². The molecule has 1 aliphatic rings. The maximum atomic E-state index is 6.37. The number of hydrogen-bond acceptors (Lipinski definition) is 7. The number of aromatic nitrogens is 6. The molecule has 0 fully saturated rings. The second-order valence-electron chi connectivity index (χ2n) is 18.4. The standard InChI is InChI=1S/C63H52N8O/c1-7-23-49(24-8-1)62(50-25-9-2-10-26-50,51-27-11-3-12-28-51)67-59-41-58(57-37-38-64-42-46-21-19-35-55(39-46)72-56-36-20-22-47(40-56)44-70-45-48(57)43-65-70)60-61(66-59)71(69-68-60)63(52-29-13-4-14-30-52,53-31-15-5-16-32-53)54-33-17-6-18-34-54/h1-36,39-41,43,45,57,64H,37-38,42,44H2,(H,66,67). The molecule has 0 spiro atoms. The number of fused-ring (bicyclic) bond motifs is 7. The van der Waals surface area contributed by atoms with E-state index >= 15 is 0 Å². The van der Waals surface area contributed by atoms with Gasteiger partial charge in [0.05, 0.1) is 12.7 Å². The van der Waals surface area contributed by atoms with Crippen molar-refractivity contribution in [2.45, 2.75) is 36.5 Å². The van der Waals surface area contributed by atoms with Crippen molar-refractivity contribution in [2.75, 3.05) is 11.9 Å². The van der Waals surface area contributed by atoms with Crippen LogP contribution in [0.2, 0.25) is 0 Å². The van der Waals surface area contributed by atoms with E-state index in [0.717, 1.165) is 73.6 Å². The fraction of sp³-hybridized carbons (Fsp3) is 0.111. The van der Waals surface area contributed by atoms with Gasteiger partial charge in [-0.1, -0.05) is 211 Å². The van der Waals surface area contributed by atoms with E-state index in [0.29, 0.717) is 36.6 Å². The molecular formula is C63H52N8O. The van der Waals surface area contributed by atoms with Crippen molar-refractivity contribution in [3.8, 4) is 11.5 Å². The van der Waals surface area contributed by atoms with Gasteiger partial charge in [-0.15, -0.1) is 5.10 Å². The van der Waals surface area contributed by atoms with Crippen LogP contribution in [0.5, 0.6) is 11.5 Å². The molecule has 9 nitrogen and oxygen atoms in total. The van der Waals surface area contributed by atoms with E-state index in [1.165, 1.54) is 0 Å². The van der Waals surface area contributed by atoms with Crippen molar-refractivity contribution >= 4 is 17.0 Å². The van der Waals surface area contributed by atoms with E-state index in [4.69, 9.17) is 25.1 Å². The van der Waals surface area contributed by atoms with Gasteiger partial charge in [0.2, 0.25) is 0 Å². The van der Waals surface area contributed by atoms with Crippen molar-refractivity contribution in [1.82, 2.24) is 35.1 Å². The molecular weight excluding hydrogens is 885 g/mol. The van der Waals surface area contributed by atoms with Crippen LogP contribution in [0.1, 0.15) is 68.0 Å². The van der Waals surface area contributed by atoms with Gasteiger partial charge in [0.1, 0.15) is 33.9 Å². The summed E-state index contributed by atoms with van der Waals surface area (Å²) in [5.74, 6) is 2.07. The molecule has 2 N–H and O–H groups in total. The summed E-state index contributed by atoms with van der Waals surface area (Å²) in [6.07, 6.45) is 4.92. The lowest BCUT2D eigenvalue weighted by Crippen LogP contribution is -2.39. The number of rotatable bonds is 10. The summed E-state index contributed by atoms with van der Waals surface area (Å²) in [5, 5.41) is 23.5. The monoisotopic (exact) mass is 936 g/mol. The van der Waals surface area contributed by atoms with Crippen molar-refractivity contribution in [3.63, 3.8) is 0 Å². The highest BCUT2D eigenvalue weighted by Crippen LogP contribution is 2.45. The lowest BCUT2D eigenvalue weighted by atomic mass is 9.76. The maximum Gasteiger partial charge on any atom is 0.182 e. The lowest BCUT2D eigenvalue weighted by Gasteiger charge is -2.38. The summed E-state index contributed by atoms with van der Waals surface area (Å²) >= 11 is 0. The molecule has 0 saturated carbocycles. The molecule has 1 atom stereocenters. The van der Waals surface area contributed by atoms with E-state index < -0.39 is 11.1 Å². The van der Waals surface area contributed by atoms with Crippen LogP contribution in [-0.2, 0) is 24.2 Å². The first-order valence-electron chi connectivity index (χ1n) is 24.6. The smallest absolute Gasteiger partial charge is 0.182 e. The Morgan fingerprint density at radius 2 is 1.04 bits per heavy atom. The minimum atomic E-state index is -0.990. The molecule has 1 aliphatic heterocycles. The molecule has 1 unspecified atom stereocenters. The molecule has 0 saturated heterocycles. The molecule has 8 aromatic carbocycles. The van der Waals surface area contributed by atoms with E-state index in [2.05, 4.69) is 240 Å². The summed E-state index contributed by atoms with van der Waals surface area (Å²) in [6.45, 7) is 1.93. The Balaban J connectivity index is 1.12. The van der Waals surface area contributed by atoms with E-state index in [1.807, 2.05) is 29.1 Å².